The van der Waals surface area contributed by atoms with Gasteiger partial charge in [0.2, 0.25) is 11.9 Å². The summed E-state index contributed by atoms with van der Waals surface area (Å²) in [6.45, 7) is 5.50. The Labute approximate surface area is 242 Å². The number of aliphatic hydroxyl groups excluding tert-OH is 2. The summed E-state index contributed by atoms with van der Waals surface area (Å²) in [6.07, 6.45) is 0.982. The minimum absolute atomic E-state index is 0.243. The van der Waals surface area contributed by atoms with E-state index in [0.717, 1.165) is 61.1 Å². The monoisotopic (exact) mass is 581 g/mol. The highest BCUT2D eigenvalue weighted by Gasteiger charge is 2.29. The zero-order valence-electron chi connectivity index (χ0n) is 23.2. The Morgan fingerprint density at radius 3 is 2.10 bits per heavy atom. The van der Waals surface area contributed by atoms with Gasteiger partial charge in [-0.25, -0.2) is 19.6 Å². The number of hydrogen-bond donors (Lipinski definition) is 5. The number of nitrogens with two attached hydrogens (primary N) is 1. The van der Waals surface area contributed by atoms with Crippen LogP contribution in [0.25, 0.3) is 11.1 Å². The Hall–Kier alpha value is -4.50. The Morgan fingerprint density at radius 1 is 0.905 bits per heavy atom. The summed E-state index contributed by atoms with van der Waals surface area (Å²) in [4.78, 5) is 50.6. The fraction of sp³-hybridized carbons (Fsp3) is 0.357. The predicted molar refractivity (Wildman–Crippen MR) is 152 cm³/mol. The van der Waals surface area contributed by atoms with E-state index < -0.39 is 24.1 Å². The number of hydrogen-bond acceptors (Lipinski definition) is 11. The van der Waals surface area contributed by atoms with E-state index in [9.17, 15) is 14.4 Å². The molecule has 1 saturated heterocycles. The van der Waals surface area contributed by atoms with Crippen LogP contribution in [0, 0.1) is 0 Å². The molecule has 4 rings (SSSR count). The van der Waals surface area contributed by atoms with E-state index in [1.807, 2.05) is 30.3 Å². The fourth-order valence-electron chi connectivity index (χ4n) is 4.23. The van der Waals surface area contributed by atoms with Crippen molar-refractivity contribution in [2.75, 3.05) is 44.7 Å². The minimum Gasteiger partial charge on any atom is -0.479 e. The van der Waals surface area contributed by atoms with Gasteiger partial charge in [0.05, 0.1) is 12.2 Å². The van der Waals surface area contributed by atoms with Crippen LogP contribution in [0.2, 0.25) is 0 Å². The van der Waals surface area contributed by atoms with Crippen molar-refractivity contribution in [2.24, 2.45) is 5.73 Å². The number of anilines is 1. The SMILES string of the molecule is CN(CC(N)=O)Cc1cccc(-c2ccc(CN3CCN(c4ncccn4)CC3)nc2)c1.O=C(O)C(O)C(O)C(=O)O. The highest BCUT2D eigenvalue weighted by Crippen LogP contribution is 2.21. The van der Waals surface area contributed by atoms with Gasteiger partial charge < -0.3 is 31.1 Å². The Bertz CT molecular complexity index is 1300. The maximum Gasteiger partial charge on any atom is 0.335 e. The Kier molecular flexibility index (Phi) is 11.8. The molecular weight excluding hydrogens is 546 g/mol. The van der Waals surface area contributed by atoms with Crippen molar-refractivity contribution in [1.29, 1.82) is 0 Å². The molecule has 6 N–H and O–H groups in total. The third-order valence-electron chi connectivity index (χ3n) is 6.36. The van der Waals surface area contributed by atoms with Gasteiger partial charge in [0.25, 0.3) is 0 Å². The summed E-state index contributed by atoms with van der Waals surface area (Å²) < 4.78 is 0. The first kappa shape index (κ1) is 32.0. The molecule has 0 saturated carbocycles. The van der Waals surface area contributed by atoms with Crippen molar-refractivity contribution in [3.63, 3.8) is 0 Å². The van der Waals surface area contributed by atoms with Crippen LogP contribution >= 0.6 is 0 Å². The second-order valence-electron chi connectivity index (χ2n) is 9.76. The van der Waals surface area contributed by atoms with Crippen molar-refractivity contribution in [1.82, 2.24) is 24.8 Å². The summed E-state index contributed by atoms with van der Waals surface area (Å²) in [7, 11) is 1.89. The molecule has 1 fully saturated rings. The van der Waals surface area contributed by atoms with Crippen LogP contribution < -0.4 is 10.6 Å². The number of piperazine rings is 1. The summed E-state index contributed by atoms with van der Waals surface area (Å²) in [5.74, 6) is -3.05. The van der Waals surface area contributed by atoms with E-state index in [1.54, 1.807) is 12.4 Å². The van der Waals surface area contributed by atoms with Crippen molar-refractivity contribution >= 4 is 23.8 Å². The number of carboxylic acids is 2. The Balaban J connectivity index is 0.000000416. The van der Waals surface area contributed by atoms with Crippen LogP contribution in [0.1, 0.15) is 11.3 Å². The van der Waals surface area contributed by atoms with Crippen molar-refractivity contribution < 1.29 is 34.8 Å². The lowest BCUT2D eigenvalue weighted by atomic mass is 10.0. The lowest BCUT2D eigenvalue weighted by Gasteiger charge is -2.34. The van der Waals surface area contributed by atoms with Gasteiger partial charge in [-0.3, -0.25) is 19.6 Å². The molecule has 0 bridgehead atoms. The first-order valence-electron chi connectivity index (χ1n) is 13.1. The first-order chi connectivity index (χ1) is 20.0. The molecule has 1 aliphatic heterocycles. The number of amides is 1. The topological polar surface area (TPSA) is 207 Å². The average molecular weight is 582 g/mol. The molecule has 14 nitrogen and oxygen atoms in total. The number of primary amides is 1. The maximum absolute atomic E-state index is 11.1. The number of nitrogens with zero attached hydrogens (tertiary/aromatic N) is 6. The van der Waals surface area contributed by atoms with Crippen LogP contribution in [0.4, 0.5) is 5.95 Å². The number of benzene rings is 1. The average Bonchev–Trinajstić information content (AvgIpc) is 2.97. The van der Waals surface area contributed by atoms with E-state index in [4.69, 9.17) is 31.1 Å². The van der Waals surface area contributed by atoms with Gasteiger partial charge in [0.15, 0.2) is 12.2 Å². The minimum atomic E-state index is -2.27. The number of carbonyl (C=O) groups excluding carboxylic acids is 1. The molecule has 2 aromatic heterocycles. The highest BCUT2D eigenvalue weighted by molar-refractivity contribution is 5.83. The number of carboxylic acid groups (broad SMARTS) is 2. The van der Waals surface area contributed by atoms with E-state index in [2.05, 4.69) is 50.1 Å². The molecule has 0 radical (unpaired) electrons. The molecule has 1 aliphatic rings. The van der Waals surface area contributed by atoms with Crippen LogP contribution in [-0.4, -0.2) is 115 Å². The first-order valence-corrected chi connectivity index (χ1v) is 13.1. The smallest absolute Gasteiger partial charge is 0.335 e. The van der Waals surface area contributed by atoms with Gasteiger partial charge in [-0.2, -0.15) is 0 Å². The second kappa shape index (κ2) is 15.5. The van der Waals surface area contributed by atoms with Crippen LogP contribution in [0.5, 0.6) is 0 Å². The zero-order chi connectivity index (χ0) is 30.6. The van der Waals surface area contributed by atoms with E-state index >= 15 is 0 Å². The van der Waals surface area contributed by atoms with Gasteiger partial charge in [-0.05, 0) is 36.4 Å². The predicted octanol–water partition coefficient (Wildman–Crippen LogP) is -0.345. The second-order valence-corrected chi connectivity index (χ2v) is 9.76. The quantitative estimate of drug-likeness (QED) is 0.197. The lowest BCUT2D eigenvalue weighted by molar-refractivity contribution is -0.165. The number of aliphatic hydroxyl groups is 2. The molecule has 1 amide bonds. The van der Waals surface area contributed by atoms with Gasteiger partial charge >= 0.3 is 11.9 Å². The molecule has 42 heavy (non-hydrogen) atoms. The molecule has 2 atom stereocenters. The summed E-state index contributed by atoms with van der Waals surface area (Å²) in [5, 5.41) is 32.5. The van der Waals surface area contributed by atoms with Crippen molar-refractivity contribution in [3.8, 4) is 11.1 Å². The third kappa shape index (κ3) is 9.85. The van der Waals surface area contributed by atoms with E-state index in [-0.39, 0.29) is 12.5 Å². The third-order valence-corrected chi connectivity index (χ3v) is 6.36. The summed E-state index contributed by atoms with van der Waals surface area (Å²) in [6, 6.07) is 14.4. The maximum atomic E-state index is 11.1. The molecule has 14 heteroatoms. The molecule has 0 spiro atoms. The number of aliphatic carboxylic acids is 2. The van der Waals surface area contributed by atoms with Crippen LogP contribution in [0.3, 0.4) is 0 Å². The number of rotatable bonds is 11. The Morgan fingerprint density at radius 2 is 1.55 bits per heavy atom. The molecule has 1 aromatic carbocycles. The number of pyridine rings is 1. The largest absolute Gasteiger partial charge is 0.479 e. The molecule has 2 unspecified atom stereocenters. The molecule has 3 aromatic rings. The highest BCUT2D eigenvalue weighted by atomic mass is 16.4. The van der Waals surface area contributed by atoms with Gasteiger partial charge in [0, 0.05) is 63.4 Å². The van der Waals surface area contributed by atoms with Gasteiger partial charge in [-0.1, -0.05) is 24.3 Å². The van der Waals surface area contributed by atoms with Crippen molar-refractivity contribution in [3.05, 3.63) is 72.3 Å². The molecular formula is C28H35N7O7. The fourth-order valence-corrected chi connectivity index (χ4v) is 4.23. The number of aromatic nitrogens is 3. The zero-order valence-corrected chi connectivity index (χ0v) is 23.2. The van der Waals surface area contributed by atoms with E-state index in [1.165, 1.54) is 0 Å². The van der Waals surface area contributed by atoms with Crippen LogP contribution in [0.15, 0.2) is 61.1 Å². The van der Waals surface area contributed by atoms with Crippen LogP contribution in [-0.2, 0) is 27.5 Å². The standard InChI is InChI=1S/C24H29N7O.C4H6O6/c1-29(18-23(25)32)16-19-4-2-5-20(14-19)21-6-7-22(28-15-21)17-30-10-12-31(13-11-30)24-26-8-3-9-27-24;5-1(3(7)8)2(6)4(9)10/h2-9,14-15H,10-13,16-18H2,1H3,(H2,25,32);1-2,5-6H,(H,7,8)(H,9,10). The van der Waals surface area contributed by atoms with Gasteiger partial charge in [-0.15, -0.1) is 0 Å². The molecule has 224 valence electrons. The molecule has 3 heterocycles. The lowest BCUT2D eigenvalue weighted by Crippen LogP contribution is -2.46. The number of carbonyl (C=O) groups is 3. The normalized spacial score (nSPS) is 14.9. The number of likely N-dealkylation sites (N-methyl/N-ethyl adjacent to an activating group) is 1. The van der Waals surface area contributed by atoms with E-state index in [0.29, 0.717) is 6.54 Å². The van der Waals surface area contributed by atoms with Crippen molar-refractivity contribution in [2.45, 2.75) is 25.3 Å². The van der Waals surface area contributed by atoms with Gasteiger partial charge in [0.1, 0.15) is 0 Å². The summed E-state index contributed by atoms with van der Waals surface area (Å²) in [5.41, 5.74) is 9.68. The molecule has 0 aliphatic carbocycles. The summed E-state index contributed by atoms with van der Waals surface area (Å²) >= 11 is 0.